The normalized spacial score (nSPS) is 16.5. The summed E-state index contributed by atoms with van der Waals surface area (Å²) in [5.74, 6) is 0.295. The Hall–Kier alpha value is -2.56. The molecule has 0 aliphatic carbocycles. The molecule has 1 aliphatic heterocycles. The minimum Gasteiger partial charge on any atom is -0.480 e. The van der Waals surface area contributed by atoms with Crippen molar-refractivity contribution in [2.75, 3.05) is 24.3 Å². The first-order chi connectivity index (χ1) is 10.3. The number of nitrogens with zero attached hydrogens (tertiary/aromatic N) is 1. The summed E-state index contributed by atoms with van der Waals surface area (Å²) in [7, 11) is 1.54. The second-order valence-corrected chi connectivity index (χ2v) is 4.99. The van der Waals surface area contributed by atoms with E-state index in [1.807, 2.05) is 24.3 Å². The van der Waals surface area contributed by atoms with E-state index >= 15 is 0 Å². The molecule has 2 N–H and O–H groups in total. The molecule has 1 aromatic carbocycles. The lowest BCUT2D eigenvalue weighted by Crippen LogP contribution is -2.33. The van der Waals surface area contributed by atoms with Gasteiger partial charge in [0.25, 0.3) is 0 Å². The Balaban J connectivity index is 1.72. The molecule has 1 amide bonds. The number of para-hydroxylation sites is 1. The lowest BCUT2D eigenvalue weighted by atomic mass is 9.93. The lowest BCUT2D eigenvalue weighted by molar-refractivity contribution is -0.119. The van der Waals surface area contributed by atoms with E-state index in [0.29, 0.717) is 18.1 Å². The molecule has 21 heavy (non-hydrogen) atoms. The van der Waals surface area contributed by atoms with Crippen LogP contribution in [0.4, 0.5) is 11.4 Å². The first-order valence-corrected chi connectivity index (χ1v) is 6.89. The van der Waals surface area contributed by atoms with Crippen LogP contribution in [0.3, 0.4) is 0 Å². The molecule has 2 heterocycles. The molecule has 3 rings (SSSR count). The summed E-state index contributed by atoms with van der Waals surface area (Å²) in [4.78, 5) is 16.5. The maximum atomic E-state index is 12.4. The topological polar surface area (TPSA) is 63.2 Å². The van der Waals surface area contributed by atoms with Gasteiger partial charge in [0.05, 0.1) is 13.0 Å². The first-order valence-electron chi connectivity index (χ1n) is 6.89. The molecule has 108 valence electrons. The molecular formula is C16H17N3O2. The van der Waals surface area contributed by atoms with Crippen LogP contribution < -0.4 is 15.4 Å². The molecule has 1 unspecified atom stereocenters. The number of aromatic nitrogens is 1. The van der Waals surface area contributed by atoms with Gasteiger partial charge >= 0.3 is 0 Å². The van der Waals surface area contributed by atoms with Crippen molar-refractivity contribution in [2.24, 2.45) is 5.92 Å². The number of nitrogens with one attached hydrogen (secondary N) is 2. The highest BCUT2D eigenvalue weighted by Crippen LogP contribution is 2.26. The summed E-state index contributed by atoms with van der Waals surface area (Å²) in [6.45, 7) is 0.630. The first kappa shape index (κ1) is 13.4. The van der Waals surface area contributed by atoms with Gasteiger partial charge in [-0.15, -0.1) is 0 Å². The van der Waals surface area contributed by atoms with Crippen LogP contribution in [-0.4, -0.2) is 24.5 Å². The molecule has 5 heteroatoms. The molecule has 0 saturated carbocycles. The second kappa shape index (κ2) is 5.83. The predicted molar refractivity (Wildman–Crippen MR) is 81.5 cm³/mol. The van der Waals surface area contributed by atoms with Crippen molar-refractivity contribution in [3.05, 3.63) is 48.2 Å². The van der Waals surface area contributed by atoms with Gasteiger partial charge in [-0.1, -0.05) is 18.2 Å². The van der Waals surface area contributed by atoms with E-state index in [9.17, 15) is 4.79 Å². The minimum atomic E-state index is -0.107. The number of rotatable bonds is 3. The molecule has 0 saturated heterocycles. The van der Waals surface area contributed by atoms with Gasteiger partial charge < -0.3 is 15.4 Å². The van der Waals surface area contributed by atoms with Crippen molar-refractivity contribution in [1.82, 2.24) is 4.98 Å². The van der Waals surface area contributed by atoms with E-state index < -0.39 is 0 Å². The van der Waals surface area contributed by atoms with Gasteiger partial charge in [-0.25, -0.2) is 4.98 Å². The maximum absolute atomic E-state index is 12.4. The quantitative estimate of drug-likeness (QED) is 0.907. The van der Waals surface area contributed by atoms with E-state index in [1.165, 1.54) is 12.7 Å². The molecular weight excluding hydrogens is 266 g/mol. The Kier molecular flexibility index (Phi) is 3.73. The molecule has 0 fully saturated rings. The highest BCUT2D eigenvalue weighted by Gasteiger charge is 2.24. The van der Waals surface area contributed by atoms with Crippen molar-refractivity contribution in [2.45, 2.75) is 6.42 Å². The number of benzene rings is 1. The minimum absolute atomic E-state index is 0.0247. The molecule has 0 bridgehead atoms. The Morgan fingerprint density at radius 3 is 3.05 bits per heavy atom. The number of hydrogen-bond donors (Lipinski definition) is 2. The molecule has 0 spiro atoms. The van der Waals surface area contributed by atoms with Crippen LogP contribution in [0.1, 0.15) is 5.56 Å². The van der Waals surface area contributed by atoms with Crippen LogP contribution in [0.2, 0.25) is 0 Å². The van der Waals surface area contributed by atoms with E-state index in [-0.39, 0.29) is 11.8 Å². The van der Waals surface area contributed by atoms with Gasteiger partial charge in [-0.3, -0.25) is 4.79 Å². The van der Waals surface area contributed by atoms with Gasteiger partial charge in [-0.2, -0.15) is 0 Å². The summed E-state index contributed by atoms with van der Waals surface area (Å²) in [6, 6.07) is 11.6. The zero-order chi connectivity index (χ0) is 14.7. The average molecular weight is 283 g/mol. The summed E-state index contributed by atoms with van der Waals surface area (Å²) in [5.41, 5.74) is 2.88. The predicted octanol–water partition coefficient (Wildman–Crippen LogP) is 2.31. The van der Waals surface area contributed by atoms with Crippen LogP contribution in [0.5, 0.6) is 5.88 Å². The maximum Gasteiger partial charge on any atom is 0.237 e. The number of carbonyl (C=O) groups is 1. The van der Waals surface area contributed by atoms with Gasteiger partial charge in [0.1, 0.15) is 5.69 Å². The third-order valence-electron chi connectivity index (χ3n) is 3.62. The van der Waals surface area contributed by atoms with Gasteiger partial charge in [0, 0.05) is 18.4 Å². The number of carbonyl (C=O) groups excluding carboxylic acids is 1. The fourth-order valence-electron chi connectivity index (χ4n) is 2.51. The van der Waals surface area contributed by atoms with E-state index in [1.54, 1.807) is 18.3 Å². The van der Waals surface area contributed by atoms with Crippen LogP contribution in [0, 0.1) is 5.92 Å². The van der Waals surface area contributed by atoms with Gasteiger partial charge in [0.2, 0.25) is 11.8 Å². The van der Waals surface area contributed by atoms with Gasteiger partial charge in [0.15, 0.2) is 0 Å². The third-order valence-corrected chi connectivity index (χ3v) is 3.62. The monoisotopic (exact) mass is 283 g/mol. The number of anilines is 2. The average Bonchev–Trinajstić information content (AvgIpc) is 2.55. The Morgan fingerprint density at radius 2 is 2.19 bits per heavy atom. The Labute approximate surface area is 123 Å². The van der Waals surface area contributed by atoms with E-state index in [0.717, 1.165) is 12.1 Å². The standard InChI is InChI=1S/C16H17N3O2/c1-21-16-14(7-4-8-17-16)19-15(20)12-9-11-5-2-3-6-13(11)18-10-12/h2-8,12,18H,9-10H2,1H3,(H,19,20). The Bertz CT molecular complexity index is 657. The highest BCUT2D eigenvalue weighted by molar-refractivity contribution is 5.94. The van der Waals surface area contributed by atoms with Crippen LogP contribution >= 0.6 is 0 Å². The van der Waals surface area contributed by atoms with Crippen molar-refractivity contribution >= 4 is 17.3 Å². The summed E-state index contributed by atoms with van der Waals surface area (Å²) < 4.78 is 5.15. The molecule has 1 aromatic heterocycles. The number of methoxy groups -OCH3 is 1. The number of pyridine rings is 1. The zero-order valence-corrected chi connectivity index (χ0v) is 11.8. The molecule has 1 aliphatic rings. The number of fused-ring (bicyclic) bond motifs is 1. The lowest BCUT2D eigenvalue weighted by Gasteiger charge is -2.25. The summed E-state index contributed by atoms with van der Waals surface area (Å²) >= 11 is 0. The second-order valence-electron chi connectivity index (χ2n) is 4.99. The number of hydrogen-bond acceptors (Lipinski definition) is 4. The zero-order valence-electron chi connectivity index (χ0n) is 11.8. The van der Waals surface area contributed by atoms with E-state index in [2.05, 4.69) is 15.6 Å². The number of amides is 1. The third kappa shape index (κ3) is 2.81. The summed E-state index contributed by atoms with van der Waals surface area (Å²) in [6.07, 6.45) is 2.37. The van der Waals surface area contributed by atoms with Crippen molar-refractivity contribution in [1.29, 1.82) is 0 Å². The van der Waals surface area contributed by atoms with E-state index in [4.69, 9.17) is 4.74 Å². The fraction of sp³-hybridized carbons (Fsp3) is 0.250. The summed E-state index contributed by atoms with van der Waals surface area (Å²) in [5, 5.41) is 6.20. The largest absolute Gasteiger partial charge is 0.480 e. The fourth-order valence-corrected chi connectivity index (χ4v) is 2.51. The van der Waals surface area contributed by atoms with Crippen LogP contribution in [-0.2, 0) is 11.2 Å². The van der Waals surface area contributed by atoms with Crippen molar-refractivity contribution < 1.29 is 9.53 Å². The van der Waals surface area contributed by atoms with Crippen molar-refractivity contribution in [3.63, 3.8) is 0 Å². The molecule has 2 aromatic rings. The highest BCUT2D eigenvalue weighted by atomic mass is 16.5. The van der Waals surface area contributed by atoms with Crippen LogP contribution in [0.15, 0.2) is 42.6 Å². The Morgan fingerprint density at radius 1 is 1.33 bits per heavy atom. The smallest absolute Gasteiger partial charge is 0.237 e. The molecule has 1 atom stereocenters. The van der Waals surface area contributed by atoms with Crippen LogP contribution in [0.25, 0.3) is 0 Å². The number of ether oxygens (including phenoxy) is 1. The van der Waals surface area contributed by atoms with Gasteiger partial charge in [-0.05, 0) is 30.2 Å². The molecule has 5 nitrogen and oxygen atoms in total. The SMILES string of the molecule is COc1ncccc1NC(=O)C1CNc2ccccc2C1. The van der Waals surface area contributed by atoms with Crippen molar-refractivity contribution in [3.8, 4) is 5.88 Å². The molecule has 0 radical (unpaired) electrons.